The molecule has 5 heterocycles. The molecule has 1 atom stereocenters. The van der Waals surface area contributed by atoms with E-state index < -0.39 is 29.7 Å². The molecule has 0 spiro atoms. The number of nitrogen functional groups attached to an aromatic ring is 4. The van der Waals surface area contributed by atoms with Gasteiger partial charge < -0.3 is 71.8 Å². The maximum Gasteiger partial charge on any atom is 0.257 e. The van der Waals surface area contributed by atoms with Gasteiger partial charge in [0, 0.05) is 102 Å². The van der Waals surface area contributed by atoms with Crippen molar-refractivity contribution in [3.05, 3.63) is 294 Å². The van der Waals surface area contributed by atoms with Gasteiger partial charge in [-0.2, -0.15) is 25.1 Å². The quantitative estimate of drug-likeness (QED) is 0.0224. The molecule has 15 rings (SSSR count). The van der Waals surface area contributed by atoms with E-state index in [0.29, 0.717) is 104 Å². The van der Waals surface area contributed by atoms with Crippen LogP contribution in [0.5, 0.6) is 0 Å². The van der Waals surface area contributed by atoms with Crippen molar-refractivity contribution in [2.75, 3.05) is 42.5 Å². The van der Waals surface area contributed by atoms with E-state index in [1.54, 1.807) is 49.5 Å². The van der Waals surface area contributed by atoms with Gasteiger partial charge in [0.25, 0.3) is 47.3 Å². The van der Waals surface area contributed by atoms with Crippen LogP contribution >= 0.6 is 22.9 Å². The monoisotopic (exact) mass is 1790 g/mol. The summed E-state index contributed by atoms with van der Waals surface area (Å²) >= 11 is 7.24. The SMILES string of the molecule is CNC(=O)c1c(-c2ccc(CNC(=O)c3ccccc3C)cc2)nn(C2CCCC2)c1N.Cc1ccccc1C(=O)NCc1ccc(-c2nn(C(CO)CCl)c(N)c2C(N)=O)cc1.Cc1ccccc1C(=O)NCc1ccc(-c2nn(C3CCC(F)(F)CC3)c(N)c2C(N)=O)cc1.Cc1csc(-n2nc(-c3ccc(CNC(=O)c4ccccc4C)cc3)c(C(N)=O)c2N)n1. The largest absolute Gasteiger partial charge is 0.394 e. The average Bonchev–Trinajstić information content (AvgIpc) is 1.66. The minimum absolute atomic E-state index is 0.0526. The molecular formula is C95H102ClF2N21O9S. The number of nitrogens with one attached hydrogen (secondary N) is 5. The van der Waals surface area contributed by atoms with Gasteiger partial charge in [-0.05, 0) is 129 Å². The smallest absolute Gasteiger partial charge is 0.257 e. The summed E-state index contributed by atoms with van der Waals surface area (Å²) in [5.74, 6) is -4.80. The van der Waals surface area contributed by atoms with Crippen molar-refractivity contribution in [3.8, 4) is 50.2 Å². The zero-order valence-corrected chi connectivity index (χ0v) is 73.6. The Bertz CT molecular complexity index is 6250. The van der Waals surface area contributed by atoms with Crippen LogP contribution in [0.25, 0.3) is 50.2 Å². The molecule has 1 unspecified atom stereocenters. The number of aryl methyl sites for hydroxylation is 5. The van der Waals surface area contributed by atoms with Crippen LogP contribution in [0.2, 0.25) is 0 Å². The Morgan fingerprint density at radius 2 is 0.760 bits per heavy atom. The summed E-state index contributed by atoms with van der Waals surface area (Å²) in [5, 5.41) is 44.4. The first-order valence-electron chi connectivity index (χ1n) is 41.7. The second kappa shape index (κ2) is 42.1. The number of nitrogens with two attached hydrogens (primary N) is 7. The van der Waals surface area contributed by atoms with Gasteiger partial charge in [0.2, 0.25) is 11.1 Å². The minimum Gasteiger partial charge on any atom is -0.394 e. The third-order valence-corrected chi connectivity index (χ3v) is 23.8. The van der Waals surface area contributed by atoms with Gasteiger partial charge in [-0.25, -0.2) is 27.8 Å². The molecule has 0 bridgehead atoms. The van der Waals surface area contributed by atoms with Gasteiger partial charge in [0.15, 0.2) is 0 Å². The molecule has 0 radical (unpaired) electrons. The van der Waals surface area contributed by atoms with Crippen LogP contribution in [0.4, 0.5) is 32.1 Å². The number of aromatic nitrogens is 9. The van der Waals surface area contributed by atoms with Gasteiger partial charge in [0.1, 0.15) is 68.3 Å². The molecule has 30 nitrogen and oxygen atoms in total. The Morgan fingerprint density at radius 3 is 1.09 bits per heavy atom. The van der Waals surface area contributed by atoms with Crippen molar-refractivity contribution in [2.45, 2.75) is 136 Å². The molecule has 13 aromatic rings. The fraction of sp³-hybridized carbons (Fsp3) is 0.253. The van der Waals surface area contributed by atoms with E-state index in [4.69, 9.17) is 56.8 Å². The highest BCUT2D eigenvalue weighted by Crippen LogP contribution is 2.42. The number of aliphatic hydroxyl groups excluding tert-OH is 1. The fourth-order valence-corrected chi connectivity index (χ4v) is 16.2. The Balaban J connectivity index is 0.000000156. The molecule has 8 amide bonds. The number of benzene rings is 8. The van der Waals surface area contributed by atoms with Gasteiger partial charge in [-0.1, -0.05) is 183 Å². The zero-order valence-electron chi connectivity index (χ0n) is 72.0. The van der Waals surface area contributed by atoms with E-state index in [2.05, 4.69) is 46.9 Å². The van der Waals surface area contributed by atoms with Gasteiger partial charge in [0.05, 0.1) is 30.4 Å². The molecule has 8 aromatic carbocycles. The summed E-state index contributed by atoms with van der Waals surface area (Å²) < 4.78 is 33.2. The molecule has 668 valence electrons. The highest BCUT2D eigenvalue weighted by molar-refractivity contribution is 7.12. The normalized spacial score (nSPS) is 13.1. The highest BCUT2D eigenvalue weighted by atomic mass is 35.5. The number of thiazole rings is 1. The topological polar surface area (TPSA) is 483 Å². The summed E-state index contributed by atoms with van der Waals surface area (Å²) in [7, 11) is 1.60. The van der Waals surface area contributed by atoms with Crippen molar-refractivity contribution in [1.29, 1.82) is 0 Å². The number of amides is 8. The molecular weight excluding hydrogens is 1680 g/mol. The standard InChI is InChI=1S/C25H27F2N5O2.C25H29N5O2.C23H22N6O2S.C22H24ClN5O3/c1-15-4-2-3-5-19(15)24(34)30-14-16-6-8-17(9-7-16)21-20(23(29)33)22(28)32(31-21)18-10-12-25(26,27)13-11-18;1-16-7-3-6-10-20(16)24(31)28-15-17-11-13-18(14-12-17)22-21(25(32)27-2)23(26)30(29-22)19-8-4-5-9-19;1-13-5-3-4-6-17(13)22(31)26-11-15-7-9-16(10-8-15)19-18(21(25)30)20(24)29(28-19)23-27-14(2)12-32-23;1-13-4-2-3-5-17(13)22(31)26-11-14-6-8-15(9-7-14)19-18(21(25)30)20(24)28(27-19)16(10-23)12-29/h2-9,18H,10-14,28H2,1H3,(H2,29,33)(H,30,34);3,6-7,10-14,19H,4-5,8-9,15,26H2,1-2H3,(H,27,32)(H,28,31);3-10,12H,11,24H2,1-2H3,(H2,25,30)(H,26,31);2-9,16,29H,10-12,24H2,1H3,(H2,25,30)(H,26,31). The number of hydrogen-bond donors (Lipinski definition) is 13. The number of aliphatic hydroxyl groups is 1. The number of anilines is 4. The van der Waals surface area contributed by atoms with E-state index in [9.17, 15) is 52.2 Å². The number of primary amides is 3. The van der Waals surface area contributed by atoms with Gasteiger partial charge in [-0.3, -0.25) is 38.4 Å². The van der Waals surface area contributed by atoms with E-state index >= 15 is 0 Å². The molecule has 129 heavy (non-hydrogen) atoms. The highest BCUT2D eigenvalue weighted by Gasteiger charge is 2.38. The maximum atomic E-state index is 13.6. The lowest BCUT2D eigenvalue weighted by Crippen LogP contribution is -2.27. The van der Waals surface area contributed by atoms with Crippen molar-refractivity contribution < 1.29 is 52.2 Å². The molecule has 2 aliphatic rings. The maximum absolute atomic E-state index is 13.6. The van der Waals surface area contributed by atoms with Crippen LogP contribution in [-0.2, 0) is 26.2 Å². The van der Waals surface area contributed by atoms with E-state index in [1.165, 1.54) is 25.4 Å². The first-order chi connectivity index (χ1) is 61.9. The third kappa shape index (κ3) is 22.2. The number of carbonyl (C=O) groups excluding carboxylic acids is 8. The fourth-order valence-electron chi connectivity index (χ4n) is 15.2. The van der Waals surface area contributed by atoms with Crippen LogP contribution in [0.15, 0.2) is 200 Å². The molecule has 20 N–H and O–H groups in total. The summed E-state index contributed by atoms with van der Waals surface area (Å²) in [6.45, 7) is 10.6. The van der Waals surface area contributed by atoms with Crippen LogP contribution in [0.3, 0.4) is 0 Å². The molecule has 2 fully saturated rings. The number of rotatable bonds is 26. The summed E-state index contributed by atoms with van der Waals surface area (Å²) in [4.78, 5) is 103. The molecule has 34 heteroatoms. The first kappa shape index (κ1) is 93.5. The number of halogens is 3. The Morgan fingerprint density at radius 1 is 0.442 bits per heavy atom. The van der Waals surface area contributed by atoms with Gasteiger partial charge >= 0.3 is 0 Å². The average molecular weight is 1790 g/mol. The van der Waals surface area contributed by atoms with Crippen LogP contribution in [-0.4, -0.2) is 122 Å². The van der Waals surface area contributed by atoms with Crippen LogP contribution in [0.1, 0.15) is 203 Å². The molecule has 5 aromatic heterocycles. The van der Waals surface area contributed by atoms with Crippen molar-refractivity contribution >= 4 is 93.5 Å². The molecule has 0 aliphatic heterocycles. The Kier molecular flexibility index (Phi) is 30.5. The molecule has 0 saturated heterocycles. The van der Waals surface area contributed by atoms with Crippen LogP contribution < -0.4 is 66.7 Å². The number of hydrogen-bond acceptors (Lipinski definition) is 19. The Labute approximate surface area is 752 Å². The van der Waals surface area contributed by atoms with Crippen molar-refractivity contribution in [1.82, 2.24) is 70.7 Å². The zero-order chi connectivity index (χ0) is 92.5. The summed E-state index contributed by atoms with van der Waals surface area (Å²) in [5.41, 5.74) is 57.2. The predicted octanol–water partition coefficient (Wildman–Crippen LogP) is 13.5. The van der Waals surface area contributed by atoms with E-state index in [-0.39, 0.29) is 114 Å². The lowest BCUT2D eigenvalue weighted by atomic mass is 9.92. The second-order valence-electron chi connectivity index (χ2n) is 31.4. The lowest BCUT2D eigenvalue weighted by Gasteiger charge is -2.28. The first-order valence-corrected chi connectivity index (χ1v) is 43.1. The van der Waals surface area contributed by atoms with E-state index in [0.717, 1.165) is 81.4 Å². The number of carbonyl (C=O) groups is 8. The molecule has 2 saturated carbocycles. The van der Waals surface area contributed by atoms with Crippen molar-refractivity contribution in [2.24, 2.45) is 17.2 Å². The number of nitrogens with zero attached hydrogens (tertiary/aromatic N) is 9. The van der Waals surface area contributed by atoms with Crippen LogP contribution in [0, 0.1) is 34.6 Å². The molecule has 2 aliphatic carbocycles. The summed E-state index contributed by atoms with van der Waals surface area (Å²) in [6.07, 6.45) is 4.29. The third-order valence-electron chi connectivity index (χ3n) is 22.5. The Hall–Kier alpha value is -14.7. The predicted molar refractivity (Wildman–Crippen MR) is 495 cm³/mol. The summed E-state index contributed by atoms with van der Waals surface area (Å²) in [6, 6.07) is 58.4. The minimum atomic E-state index is -2.68. The second-order valence-corrected chi connectivity index (χ2v) is 32.6. The van der Waals surface area contributed by atoms with Gasteiger partial charge in [-0.15, -0.1) is 22.9 Å². The van der Waals surface area contributed by atoms with Crippen molar-refractivity contribution in [3.63, 3.8) is 0 Å². The van der Waals surface area contributed by atoms with E-state index in [1.807, 2.05) is 196 Å². The lowest BCUT2D eigenvalue weighted by molar-refractivity contribution is -0.0448. The number of alkyl halides is 3.